The van der Waals surface area contributed by atoms with E-state index in [1.54, 1.807) is 0 Å². The highest BCUT2D eigenvalue weighted by molar-refractivity contribution is 5.57. The first-order valence-corrected chi connectivity index (χ1v) is 2.32. The zero-order valence-electron chi connectivity index (χ0n) is 4.61. The summed E-state index contributed by atoms with van der Waals surface area (Å²) in [7, 11) is 0. The number of imidazole rings is 1. The van der Waals surface area contributed by atoms with Crippen molar-refractivity contribution in [1.82, 2.24) is 9.66 Å². The third-order valence-corrected chi connectivity index (χ3v) is 0.859. The lowest BCUT2D eigenvalue weighted by atomic mass is 10.8. The van der Waals surface area contributed by atoms with Gasteiger partial charge in [0.2, 0.25) is 6.41 Å². The number of amides is 1. The molecule has 0 aliphatic heterocycles. The van der Waals surface area contributed by atoms with Gasteiger partial charge in [-0.2, -0.15) is 0 Å². The number of anilines is 1. The average Bonchev–Trinajstić information content (AvgIpc) is 2.18. The predicted octanol–water partition coefficient (Wildman–Crippen LogP) is -0.835. The van der Waals surface area contributed by atoms with Crippen molar-refractivity contribution >= 4 is 12.2 Å². The van der Waals surface area contributed by atoms with Gasteiger partial charge in [-0.25, -0.2) is 9.66 Å². The van der Waals surface area contributed by atoms with E-state index in [9.17, 15) is 4.79 Å². The molecule has 0 aliphatic rings. The Hall–Kier alpha value is -1.52. The molecule has 0 atom stereocenters. The molecule has 3 N–H and O–H groups in total. The first-order valence-electron chi connectivity index (χ1n) is 2.32. The number of nitrogens with one attached hydrogen (secondary N) is 1. The van der Waals surface area contributed by atoms with E-state index in [0.29, 0.717) is 12.2 Å². The molecule has 1 rings (SSSR count). The molecular weight excluding hydrogens is 120 g/mol. The molecule has 1 aromatic rings. The van der Waals surface area contributed by atoms with Crippen molar-refractivity contribution < 1.29 is 4.79 Å². The highest BCUT2D eigenvalue weighted by Crippen LogP contribution is 1.93. The molecule has 0 aromatic carbocycles. The first-order chi connectivity index (χ1) is 4.34. The average molecular weight is 126 g/mol. The van der Waals surface area contributed by atoms with Crippen LogP contribution < -0.4 is 11.2 Å². The number of carbonyl (C=O) groups excluding carboxylic acids is 1. The fraction of sp³-hybridized carbons (Fsp3) is 0. The molecule has 0 aliphatic carbocycles. The van der Waals surface area contributed by atoms with Crippen molar-refractivity contribution in [1.29, 1.82) is 0 Å². The number of rotatable bonds is 2. The molecule has 1 amide bonds. The lowest BCUT2D eigenvalue weighted by Gasteiger charge is -1.97. The van der Waals surface area contributed by atoms with Crippen molar-refractivity contribution in [2.75, 3.05) is 11.2 Å². The molecule has 48 valence electrons. The van der Waals surface area contributed by atoms with Gasteiger partial charge in [0.25, 0.3) is 0 Å². The van der Waals surface area contributed by atoms with Crippen molar-refractivity contribution in [2.24, 2.45) is 0 Å². The Morgan fingerprint density at radius 3 is 3.11 bits per heavy atom. The second-order valence-corrected chi connectivity index (χ2v) is 1.44. The van der Waals surface area contributed by atoms with E-state index in [4.69, 9.17) is 5.73 Å². The fourth-order valence-corrected chi connectivity index (χ4v) is 0.470. The number of nitrogen functional groups attached to an aromatic ring is 1. The Balaban J connectivity index is 2.80. The number of nitrogens with zero attached hydrogens (tertiary/aromatic N) is 2. The standard InChI is InChI=1S/C4H6N4O/c5-4-1-6-2-8(4)7-3-9/h1-3H,5H2,(H,7,9). The summed E-state index contributed by atoms with van der Waals surface area (Å²) in [5, 5.41) is 0. The smallest absolute Gasteiger partial charge is 0.226 e. The summed E-state index contributed by atoms with van der Waals surface area (Å²) in [6.07, 6.45) is 3.37. The molecule has 0 bridgehead atoms. The van der Waals surface area contributed by atoms with Crippen LogP contribution >= 0.6 is 0 Å². The molecule has 1 heterocycles. The Kier molecular flexibility index (Phi) is 1.35. The van der Waals surface area contributed by atoms with Gasteiger partial charge in [0, 0.05) is 0 Å². The van der Waals surface area contributed by atoms with E-state index >= 15 is 0 Å². The van der Waals surface area contributed by atoms with Gasteiger partial charge in [0.15, 0.2) is 0 Å². The molecule has 5 nitrogen and oxygen atoms in total. The van der Waals surface area contributed by atoms with Crippen LogP contribution in [-0.2, 0) is 4.79 Å². The summed E-state index contributed by atoms with van der Waals surface area (Å²) in [4.78, 5) is 13.5. The van der Waals surface area contributed by atoms with Crippen LogP contribution in [0.4, 0.5) is 5.82 Å². The predicted molar refractivity (Wildman–Crippen MR) is 32.1 cm³/mol. The maximum Gasteiger partial charge on any atom is 0.226 e. The molecular formula is C4H6N4O. The van der Waals surface area contributed by atoms with Gasteiger partial charge < -0.3 is 5.73 Å². The lowest BCUT2D eigenvalue weighted by molar-refractivity contribution is -0.106. The molecule has 0 spiro atoms. The van der Waals surface area contributed by atoms with Gasteiger partial charge in [0.1, 0.15) is 12.1 Å². The minimum absolute atomic E-state index is 0.405. The van der Waals surface area contributed by atoms with Crippen LogP contribution in [0.1, 0.15) is 0 Å². The zero-order valence-corrected chi connectivity index (χ0v) is 4.61. The number of hydrogen-bond acceptors (Lipinski definition) is 3. The number of hydrogen-bond donors (Lipinski definition) is 2. The van der Waals surface area contributed by atoms with Gasteiger partial charge >= 0.3 is 0 Å². The Morgan fingerprint density at radius 2 is 2.67 bits per heavy atom. The molecule has 9 heavy (non-hydrogen) atoms. The van der Waals surface area contributed by atoms with Crippen LogP contribution in [0.15, 0.2) is 12.5 Å². The van der Waals surface area contributed by atoms with Crippen LogP contribution in [0.3, 0.4) is 0 Å². The largest absolute Gasteiger partial charge is 0.382 e. The normalized spacial score (nSPS) is 8.89. The molecule has 0 unspecified atom stereocenters. The van der Waals surface area contributed by atoms with Crippen LogP contribution in [0.2, 0.25) is 0 Å². The van der Waals surface area contributed by atoms with E-state index in [1.807, 2.05) is 0 Å². The van der Waals surface area contributed by atoms with Gasteiger partial charge in [-0.1, -0.05) is 0 Å². The van der Waals surface area contributed by atoms with E-state index < -0.39 is 0 Å². The molecule has 1 aromatic heterocycles. The van der Waals surface area contributed by atoms with Gasteiger partial charge in [-0.15, -0.1) is 0 Å². The Labute approximate surface area is 51.5 Å². The van der Waals surface area contributed by atoms with Crippen molar-refractivity contribution in [3.63, 3.8) is 0 Å². The molecule has 5 heteroatoms. The number of carbonyl (C=O) groups is 1. The second kappa shape index (κ2) is 2.17. The van der Waals surface area contributed by atoms with Gasteiger partial charge in [0.05, 0.1) is 6.20 Å². The first kappa shape index (κ1) is 5.61. The van der Waals surface area contributed by atoms with Crippen LogP contribution in [0.25, 0.3) is 0 Å². The van der Waals surface area contributed by atoms with Gasteiger partial charge in [-0.05, 0) is 0 Å². The zero-order chi connectivity index (χ0) is 6.69. The lowest BCUT2D eigenvalue weighted by Crippen LogP contribution is -2.13. The third-order valence-electron chi connectivity index (χ3n) is 0.859. The number of nitrogens with two attached hydrogens (primary N) is 1. The summed E-state index contributed by atoms with van der Waals surface area (Å²) in [5.74, 6) is 0.405. The molecule has 0 saturated carbocycles. The summed E-state index contributed by atoms with van der Waals surface area (Å²) in [6, 6.07) is 0. The van der Waals surface area contributed by atoms with E-state index in [0.717, 1.165) is 0 Å². The van der Waals surface area contributed by atoms with Crippen LogP contribution in [-0.4, -0.2) is 16.1 Å². The third kappa shape index (κ3) is 0.987. The highest BCUT2D eigenvalue weighted by Gasteiger charge is 1.90. The maximum absolute atomic E-state index is 9.81. The van der Waals surface area contributed by atoms with E-state index in [2.05, 4.69) is 10.4 Å². The summed E-state index contributed by atoms with van der Waals surface area (Å²) in [6.45, 7) is 0. The second-order valence-electron chi connectivity index (χ2n) is 1.44. The molecule has 0 radical (unpaired) electrons. The monoisotopic (exact) mass is 126 g/mol. The van der Waals surface area contributed by atoms with Crippen molar-refractivity contribution in [2.45, 2.75) is 0 Å². The van der Waals surface area contributed by atoms with Crippen LogP contribution in [0.5, 0.6) is 0 Å². The maximum atomic E-state index is 9.81. The molecule has 0 saturated heterocycles. The topological polar surface area (TPSA) is 72.9 Å². The molecule has 0 fully saturated rings. The summed E-state index contributed by atoms with van der Waals surface area (Å²) in [5.41, 5.74) is 7.61. The fourth-order valence-electron chi connectivity index (χ4n) is 0.470. The minimum Gasteiger partial charge on any atom is -0.382 e. The minimum atomic E-state index is 0.405. The summed E-state index contributed by atoms with van der Waals surface area (Å²) < 4.78 is 1.31. The number of aromatic nitrogens is 2. The van der Waals surface area contributed by atoms with Crippen molar-refractivity contribution in [3.05, 3.63) is 12.5 Å². The van der Waals surface area contributed by atoms with E-state index in [1.165, 1.54) is 17.2 Å². The Morgan fingerprint density at radius 1 is 1.89 bits per heavy atom. The van der Waals surface area contributed by atoms with Crippen LogP contribution in [0, 0.1) is 0 Å². The SMILES string of the molecule is Nc1cncn1NC=O. The summed E-state index contributed by atoms with van der Waals surface area (Å²) >= 11 is 0. The van der Waals surface area contributed by atoms with Gasteiger partial charge in [-0.3, -0.25) is 10.2 Å². The quantitative estimate of drug-likeness (QED) is 0.508. The highest BCUT2D eigenvalue weighted by atomic mass is 16.1. The van der Waals surface area contributed by atoms with Crippen molar-refractivity contribution in [3.8, 4) is 0 Å². The Bertz CT molecular complexity index is 206. The van der Waals surface area contributed by atoms with E-state index in [-0.39, 0.29) is 0 Å².